The number of hydrogen-bond donors (Lipinski definition) is 4. The van der Waals surface area contributed by atoms with E-state index in [-0.39, 0.29) is 25.8 Å². The summed E-state index contributed by atoms with van der Waals surface area (Å²) in [4.78, 5) is 65.2. The minimum absolute atomic E-state index is 0.0282. The van der Waals surface area contributed by atoms with Crippen molar-refractivity contribution in [1.82, 2.24) is 21.0 Å². The van der Waals surface area contributed by atoms with Crippen molar-refractivity contribution >= 4 is 29.7 Å². The van der Waals surface area contributed by atoms with E-state index in [0.717, 1.165) is 5.56 Å². The normalized spacial score (nSPS) is 16.2. The Kier molecular flexibility index (Phi) is 10.4. The van der Waals surface area contributed by atoms with E-state index in [2.05, 4.69) is 20.7 Å². The van der Waals surface area contributed by atoms with Gasteiger partial charge in [-0.15, -0.1) is 0 Å². The first-order valence-electron chi connectivity index (χ1n) is 11.5. The molecule has 1 fully saturated rings. The second-order valence-corrected chi connectivity index (χ2v) is 9.47. The minimum Gasteiger partial charge on any atom is -0.453 e. The summed E-state index contributed by atoms with van der Waals surface area (Å²) in [5, 5.41) is 19.2. The number of imide groups is 1. The number of carbonyl (C=O) groups excluding carboxylic acids is 5. The fourth-order valence-electron chi connectivity index (χ4n) is 3.50. The van der Waals surface area contributed by atoms with Crippen LogP contribution in [-0.2, 0) is 35.2 Å². The molecule has 4 N–H and O–H groups in total. The Labute approximate surface area is 209 Å². The van der Waals surface area contributed by atoms with Gasteiger partial charge in [0.15, 0.2) is 6.61 Å². The molecule has 0 spiro atoms. The lowest BCUT2D eigenvalue weighted by molar-refractivity contribution is -0.188. The van der Waals surface area contributed by atoms with Gasteiger partial charge in [-0.05, 0) is 17.4 Å². The molecular weight excluding hydrogens is 472 g/mol. The van der Waals surface area contributed by atoms with Crippen molar-refractivity contribution in [3.63, 3.8) is 0 Å². The fourth-order valence-corrected chi connectivity index (χ4v) is 3.50. The van der Waals surface area contributed by atoms with Crippen molar-refractivity contribution in [2.24, 2.45) is 5.41 Å². The van der Waals surface area contributed by atoms with Crippen LogP contribution in [0.3, 0.4) is 0 Å². The van der Waals surface area contributed by atoms with Crippen molar-refractivity contribution in [2.45, 2.75) is 58.2 Å². The topological polar surface area (TPSA) is 163 Å². The molecule has 0 radical (unpaired) electrons. The number of hydrogen-bond acceptors (Lipinski definition) is 8. The Morgan fingerprint density at radius 1 is 1.06 bits per heavy atom. The van der Waals surface area contributed by atoms with E-state index >= 15 is 0 Å². The van der Waals surface area contributed by atoms with Crippen molar-refractivity contribution in [3.8, 4) is 0 Å². The van der Waals surface area contributed by atoms with Gasteiger partial charge in [0.1, 0.15) is 6.04 Å². The first-order chi connectivity index (χ1) is 16.9. The van der Waals surface area contributed by atoms with Crippen LogP contribution in [0.25, 0.3) is 0 Å². The minimum atomic E-state index is -1.22. The maximum atomic E-state index is 13.1. The molecule has 0 saturated carbocycles. The highest BCUT2D eigenvalue weighted by Gasteiger charge is 2.35. The lowest BCUT2D eigenvalue weighted by Gasteiger charge is -2.32. The quantitative estimate of drug-likeness (QED) is 0.306. The van der Waals surface area contributed by atoms with Crippen LogP contribution in [0.2, 0.25) is 0 Å². The Bertz CT molecular complexity index is 931. The molecule has 1 aromatic rings. The second kappa shape index (κ2) is 13.0. The van der Waals surface area contributed by atoms with Gasteiger partial charge < -0.3 is 25.8 Å². The van der Waals surface area contributed by atoms with Gasteiger partial charge in [0.05, 0.1) is 19.3 Å². The van der Waals surface area contributed by atoms with Crippen molar-refractivity contribution < 1.29 is 38.7 Å². The number of benzene rings is 1. The smallest absolute Gasteiger partial charge is 0.407 e. The molecule has 1 heterocycles. The molecule has 0 unspecified atom stereocenters. The van der Waals surface area contributed by atoms with Crippen LogP contribution in [0.15, 0.2) is 30.3 Å². The summed E-state index contributed by atoms with van der Waals surface area (Å²) >= 11 is 0. The van der Waals surface area contributed by atoms with E-state index < -0.39 is 59.9 Å². The van der Waals surface area contributed by atoms with Crippen LogP contribution in [0, 0.1) is 5.41 Å². The van der Waals surface area contributed by atoms with E-state index in [4.69, 9.17) is 4.84 Å². The van der Waals surface area contributed by atoms with Crippen LogP contribution < -0.4 is 16.0 Å². The number of amides is 5. The van der Waals surface area contributed by atoms with Crippen molar-refractivity contribution in [1.29, 1.82) is 0 Å². The van der Waals surface area contributed by atoms with Gasteiger partial charge in [-0.3, -0.25) is 24.0 Å². The summed E-state index contributed by atoms with van der Waals surface area (Å²) in [6.45, 7) is 4.48. The molecule has 1 aliphatic heterocycles. The van der Waals surface area contributed by atoms with Crippen LogP contribution in [-0.4, -0.2) is 78.3 Å². The average Bonchev–Trinajstić information content (AvgIpc) is 3.15. The van der Waals surface area contributed by atoms with Gasteiger partial charge in [0.2, 0.25) is 11.8 Å². The second-order valence-electron chi connectivity index (χ2n) is 9.47. The van der Waals surface area contributed by atoms with Gasteiger partial charge in [-0.1, -0.05) is 51.1 Å². The molecule has 0 aliphatic carbocycles. The zero-order valence-corrected chi connectivity index (χ0v) is 20.9. The highest BCUT2D eigenvalue weighted by Crippen LogP contribution is 2.20. The number of methoxy groups -OCH3 is 1. The largest absolute Gasteiger partial charge is 0.453 e. The van der Waals surface area contributed by atoms with Gasteiger partial charge in [-0.2, -0.15) is 5.06 Å². The molecule has 12 heteroatoms. The lowest BCUT2D eigenvalue weighted by Crippen LogP contribution is -2.58. The highest BCUT2D eigenvalue weighted by molar-refractivity contribution is 6.00. The van der Waals surface area contributed by atoms with E-state index in [1.165, 1.54) is 7.11 Å². The number of ether oxygens (including phenoxy) is 1. The Morgan fingerprint density at radius 2 is 1.67 bits per heavy atom. The number of nitrogens with one attached hydrogen (secondary N) is 3. The molecule has 1 aromatic carbocycles. The predicted octanol–water partition coefficient (Wildman–Crippen LogP) is 0.0423. The third-order valence-corrected chi connectivity index (χ3v) is 5.51. The van der Waals surface area contributed by atoms with Crippen molar-refractivity contribution in [2.75, 3.05) is 20.3 Å². The predicted molar refractivity (Wildman–Crippen MR) is 127 cm³/mol. The highest BCUT2D eigenvalue weighted by atomic mass is 16.7. The number of nitrogens with zero attached hydrogens (tertiary/aromatic N) is 1. The Balaban J connectivity index is 2.04. The number of carbonyl (C=O) groups is 5. The van der Waals surface area contributed by atoms with Gasteiger partial charge in [-0.25, -0.2) is 4.79 Å². The standard InChI is InChI=1S/C24H34N4O8/c1-24(2,3)21(27-23(34)35-4)22(33)26-16(12-15-8-6-5-7-9-15)17(29)13-25-18(30)14-36-28-19(31)10-11-20(28)32/h5-9,16-17,21,29H,10-14H2,1-4H3,(H,25,30)(H,26,33)(H,27,34)/t16-,17-,21+/m0/s1. The molecule has 5 amide bonds. The molecule has 1 saturated heterocycles. The number of aliphatic hydroxyl groups excluding tert-OH is 1. The third kappa shape index (κ3) is 8.61. The maximum absolute atomic E-state index is 13.1. The number of rotatable bonds is 11. The lowest BCUT2D eigenvalue weighted by atomic mass is 9.85. The summed E-state index contributed by atoms with van der Waals surface area (Å²) < 4.78 is 4.63. The van der Waals surface area contributed by atoms with E-state index in [1.54, 1.807) is 20.8 Å². The summed E-state index contributed by atoms with van der Waals surface area (Å²) in [6, 6.07) is 7.34. The summed E-state index contributed by atoms with van der Waals surface area (Å²) in [7, 11) is 1.19. The maximum Gasteiger partial charge on any atom is 0.407 e. The molecule has 12 nitrogen and oxygen atoms in total. The average molecular weight is 507 g/mol. The summed E-state index contributed by atoms with van der Waals surface area (Å²) in [5.41, 5.74) is 0.159. The Hall–Kier alpha value is -3.51. The molecule has 1 aliphatic rings. The molecule has 0 aromatic heterocycles. The number of hydroxylamine groups is 2. The molecule has 0 bridgehead atoms. The Morgan fingerprint density at radius 3 is 2.22 bits per heavy atom. The summed E-state index contributed by atoms with van der Waals surface area (Å²) in [5.74, 6) is -2.24. The fraction of sp³-hybridized carbons (Fsp3) is 0.542. The van der Waals surface area contributed by atoms with Gasteiger partial charge in [0.25, 0.3) is 11.8 Å². The van der Waals surface area contributed by atoms with E-state index in [9.17, 15) is 29.1 Å². The molecule has 2 rings (SSSR count). The van der Waals surface area contributed by atoms with Gasteiger partial charge >= 0.3 is 6.09 Å². The molecular formula is C24H34N4O8. The first kappa shape index (κ1) is 28.7. The number of aliphatic hydroxyl groups is 1. The zero-order chi connectivity index (χ0) is 26.9. The third-order valence-electron chi connectivity index (χ3n) is 5.51. The van der Waals surface area contributed by atoms with Crippen LogP contribution in [0.5, 0.6) is 0 Å². The van der Waals surface area contributed by atoms with E-state index in [1.807, 2.05) is 30.3 Å². The van der Waals surface area contributed by atoms with E-state index in [0.29, 0.717) is 5.06 Å². The summed E-state index contributed by atoms with van der Waals surface area (Å²) in [6.07, 6.45) is -1.69. The molecule has 36 heavy (non-hydrogen) atoms. The van der Waals surface area contributed by atoms with Crippen LogP contribution in [0.1, 0.15) is 39.2 Å². The molecule has 3 atom stereocenters. The monoisotopic (exact) mass is 506 g/mol. The van der Waals surface area contributed by atoms with Crippen LogP contribution in [0.4, 0.5) is 4.79 Å². The van der Waals surface area contributed by atoms with Gasteiger partial charge in [0, 0.05) is 19.4 Å². The zero-order valence-electron chi connectivity index (χ0n) is 20.9. The first-order valence-corrected chi connectivity index (χ1v) is 11.5. The van der Waals surface area contributed by atoms with Crippen LogP contribution >= 0.6 is 0 Å². The molecule has 198 valence electrons. The van der Waals surface area contributed by atoms with Crippen molar-refractivity contribution in [3.05, 3.63) is 35.9 Å². The SMILES string of the molecule is COC(=O)N[C@H](C(=O)N[C@@H](Cc1ccccc1)[C@@H](O)CNC(=O)CON1C(=O)CCC1=O)C(C)(C)C. The number of alkyl carbamates (subject to hydrolysis) is 1.